The van der Waals surface area contributed by atoms with Gasteiger partial charge in [-0.3, -0.25) is 0 Å². The Morgan fingerprint density at radius 1 is 1.00 bits per heavy atom. The lowest BCUT2D eigenvalue weighted by Gasteiger charge is -2.25. The van der Waals surface area contributed by atoms with E-state index in [1.54, 1.807) is 0 Å². The first kappa shape index (κ1) is 13.9. The molecular weight excluding hydrogens is 174 g/mol. The van der Waals surface area contributed by atoms with Crippen molar-refractivity contribution in [1.82, 2.24) is 5.32 Å². The lowest BCUT2D eigenvalue weighted by atomic mass is 10.0. The maximum atomic E-state index is 9.16. The zero-order chi connectivity index (χ0) is 11.1. The van der Waals surface area contributed by atoms with E-state index in [1.807, 2.05) is 0 Å². The van der Waals surface area contributed by atoms with Crippen molar-refractivity contribution in [1.29, 1.82) is 0 Å². The molecule has 0 rings (SSSR count). The van der Waals surface area contributed by atoms with Gasteiger partial charge in [0.25, 0.3) is 0 Å². The molecule has 0 amide bonds. The van der Waals surface area contributed by atoms with Gasteiger partial charge in [-0.25, -0.2) is 0 Å². The van der Waals surface area contributed by atoms with Crippen molar-refractivity contribution < 1.29 is 5.11 Å². The second-order valence-electron chi connectivity index (χ2n) is 5.07. The Labute approximate surface area is 89.1 Å². The number of hydrogen-bond donors (Lipinski definition) is 2. The van der Waals surface area contributed by atoms with Crippen LogP contribution in [-0.4, -0.2) is 23.8 Å². The van der Waals surface area contributed by atoms with Crippen LogP contribution < -0.4 is 5.32 Å². The maximum absolute atomic E-state index is 9.16. The summed E-state index contributed by atoms with van der Waals surface area (Å²) in [6.45, 7) is 11.2. The fourth-order valence-electron chi connectivity index (χ4n) is 1.49. The first-order valence-corrected chi connectivity index (χ1v) is 5.84. The molecule has 0 aliphatic heterocycles. The van der Waals surface area contributed by atoms with Crippen LogP contribution in [0.15, 0.2) is 0 Å². The summed E-state index contributed by atoms with van der Waals surface area (Å²) in [5.74, 6) is 1.27. The highest BCUT2D eigenvalue weighted by molar-refractivity contribution is 4.73. The molecule has 86 valence electrons. The van der Waals surface area contributed by atoms with Gasteiger partial charge in [0, 0.05) is 12.1 Å². The molecule has 0 aliphatic carbocycles. The van der Waals surface area contributed by atoms with Crippen LogP contribution in [0.2, 0.25) is 0 Å². The molecule has 14 heavy (non-hydrogen) atoms. The second-order valence-corrected chi connectivity index (χ2v) is 5.07. The number of aliphatic hydroxyl groups is 1. The van der Waals surface area contributed by atoms with E-state index >= 15 is 0 Å². The summed E-state index contributed by atoms with van der Waals surface area (Å²) in [7, 11) is 0. The van der Waals surface area contributed by atoms with Crippen LogP contribution in [0.5, 0.6) is 0 Å². The highest BCUT2D eigenvalue weighted by Crippen LogP contribution is 2.09. The van der Waals surface area contributed by atoms with Gasteiger partial charge >= 0.3 is 0 Å². The molecule has 2 atom stereocenters. The van der Waals surface area contributed by atoms with Gasteiger partial charge in [-0.15, -0.1) is 0 Å². The predicted molar refractivity (Wildman–Crippen MR) is 62.4 cm³/mol. The Balaban J connectivity index is 3.73. The Morgan fingerprint density at radius 3 is 1.93 bits per heavy atom. The Morgan fingerprint density at radius 2 is 1.57 bits per heavy atom. The number of hydrogen-bond acceptors (Lipinski definition) is 2. The van der Waals surface area contributed by atoms with Crippen LogP contribution in [0.1, 0.15) is 47.5 Å². The van der Waals surface area contributed by atoms with E-state index in [2.05, 4.69) is 39.9 Å². The van der Waals surface area contributed by atoms with Crippen molar-refractivity contribution in [3.8, 4) is 0 Å². The van der Waals surface area contributed by atoms with Gasteiger partial charge < -0.3 is 10.4 Å². The van der Waals surface area contributed by atoms with Crippen molar-refractivity contribution in [3.63, 3.8) is 0 Å². The lowest BCUT2D eigenvalue weighted by molar-refractivity contribution is 0.198. The Kier molecular flexibility index (Phi) is 7.20. The molecule has 0 heterocycles. The molecule has 2 nitrogen and oxygen atoms in total. The SMILES string of the molecule is CC(C)CCC(C)NC(CO)C(C)C. The van der Waals surface area contributed by atoms with E-state index in [-0.39, 0.29) is 12.6 Å². The van der Waals surface area contributed by atoms with E-state index < -0.39 is 0 Å². The molecule has 0 aliphatic rings. The molecule has 0 fully saturated rings. The van der Waals surface area contributed by atoms with Crippen LogP contribution in [0, 0.1) is 11.8 Å². The van der Waals surface area contributed by atoms with Gasteiger partial charge in [-0.1, -0.05) is 27.7 Å². The van der Waals surface area contributed by atoms with Gasteiger partial charge in [0.1, 0.15) is 0 Å². The van der Waals surface area contributed by atoms with Crippen molar-refractivity contribution in [2.75, 3.05) is 6.61 Å². The highest BCUT2D eigenvalue weighted by atomic mass is 16.3. The number of rotatable bonds is 7. The normalized spacial score (nSPS) is 16.3. The smallest absolute Gasteiger partial charge is 0.0587 e. The van der Waals surface area contributed by atoms with Crippen molar-refractivity contribution in [2.24, 2.45) is 11.8 Å². The third kappa shape index (κ3) is 6.39. The first-order chi connectivity index (χ1) is 6.47. The number of aliphatic hydroxyl groups excluding tert-OH is 1. The largest absolute Gasteiger partial charge is 0.395 e. The molecule has 2 N–H and O–H groups in total. The molecule has 0 spiro atoms. The molecule has 0 aromatic heterocycles. The van der Waals surface area contributed by atoms with E-state index in [1.165, 1.54) is 12.8 Å². The molecule has 2 unspecified atom stereocenters. The van der Waals surface area contributed by atoms with E-state index in [4.69, 9.17) is 5.11 Å². The fourth-order valence-corrected chi connectivity index (χ4v) is 1.49. The van der Waals surface area contributed by atoms with Crippen molar-refractivity contribution in [3.05, 3.63) is 0 Å². The summed E-state index contributed by atoms with van der Waals surface area (Å²) in [5.41, 5.74) is 0. The minimum atomic E-state index is 0.240. The summed E-state index contributed by atoms with van der Waals surface area (Å²) in [4.78, 5) is 0. The van der Waals surface area contributed by atoms with Gasteiger partial charge in [0.2, 0.25) is 0 Å². The van der Waals surface area contributed by atoms with Crippen LogP contribution in [-0.2, 0) is 0 Å². The van der Waals surface area contributed by atoms with Crippen LogP contribution in [0.25, 0.3) is 0 Å². The summed E-state index contributed by atoms with van der Waals surface area (Å²) >= 11 is 0. The van der Waals surface area contributed by atoms with E-state index in [9.17, 15) is 0 Å². The summed E-state index contributed by atoms with van der Waals surface area (Å²) in [6.07, 6.45) is 2.45. The lowest BCUT2D eigenvalue weighted by Crippen LogP contribution is -2.42. The fraction of sp³-hybridized carbons (Fsp3) is 1.00. The zero-order valence-corrected chi connectivity index (χ0v) is 10.4. The maximum Gasteiger partial charge on any atom is 0.0587 e. The second kappa shape index (κ2) is 7.24. The molecule has 2 heteroatoms. The van der Waals surface area contributed by atoms with Gasteiger partial charge in [-0.05, 0) is 31.6 Å². The van der Waals surface area contributed by atoms with Crippen LogP contribution >= 0.6 is 0 Å². The van der Waals surface area contributed by atoms with Crippen molar-refractivity contribution >= 4 is 0 Å². The monoisotopic (exact) mass is 201 g/mol. The molecule has 0 aromatic rings. The third-order valence-electron chi connectivity index (χ3n) is 2.68. The standard InChI is InChI=1S/C12H27NO/c1-9(2)6-7-11(5)13-12(8-14)10(3)4/h9-14H,6-8H2,1-5H3. The minimum absolute atomic E-state index is 0.240. The quantitative estimate of drug-likeness (QED) is 0.663. The van der Waals surface area contributed by atoms with Gasteiger partial charge in [0.15, 0.2) is 0 Å². The molecule has 0 bridgehead atoms. The van der Waals surface area contributed by atoms with E-state index in [0.29, 0.717) is 12.0 Å². The summed E-state index contributed by atoms with van der Waals surface area (Å²) < 4.78 is 0. The van der Waals surface area contributed by atoms with E-state index in [0.717, 1.165) is 5.92 Å². The zero-order valence-electron chi connectivity index (χ0n) is 10.4. The molecule has 0 saturated carbocycles. The molecule has 0 saturated heterocycles. The van der Waals surface area contributed by atoms with Crippen LogP contribution in [0.3, 0.4) is 0 Å². The highest BCUT2D eigenvalue weighted by Gasteiger charge is 2.14. The molecular formula is C12H27NO. The van der Waals surface area contributed by atoms with Crippen LogP contribution in [0.4, 0.5) is 0 Å². The molecule has 0 aromatic carbocycles. The third-order valence-corrected chi connectivity index (χ3v) is 2.68. The average Bonchev–Trinajstić information content (AvgIpc) is 2.10. The average molecular weight is 201 g/mol. The first-order valence-electron chi connectivity index (χ1n) is 5.84. The Hall–Kier alpha value is -0.0800. The number of nitrogens with one attached hydrogen (secondary N) is 1. The topological polar surface area (TPSA) is 32.3 Å². The summed E-state index contributed by atoms with van der Waals surface area (Å²) in [5, 5.41) is 12.6. The summed E-state index contributed by atoms with van der Waals surface area (Å²) in [6, 6.07) is 0.758. The van der Waals surface area contributed by atoms with Gasteiger partial charge in [-0.2, -0.15) is 0 Å². The van der Waals surface area contributed by atoms with Gasteiger partial charge in [0.05, 0.1) is 6.61 Å². The Bertz CT molecular complexity index is 134. The van der Waals surface area contributed by atoms with Crippen molar-refractivity contribution in [2.45, 2.75) is 59.5 Å². The predicted octanol–water partition coefficient (Wildman–Crippen LogP) is 2.42. The molecule has 0 radical (unpaired) electrons. The minimum Gasteiger partial charge on any atom is -0.395 e.